The van der Waals surface area contributed by atoms with Gasteiger partial charge in [0.05, 0.1) is 20.0 Å². The van der Waals surface area contributed by atoms with Gasteiger partial charge >= 0.3 is 0 Å². The van der Waals surface area contributed by atoms with Crippen LogP contribution in [-0.2, 0) is 4.74 Å². The van der Waals surface area contributed by atoms with E-state index in [2.05, 4.69) is 18.6 Å². The number of rotatable bonds is 4. The van der Waals surface area contributed by atoms with Crippen molar-refractivity contribution in [1.82, 2.24) is 0 Å². The molecule has 0 aromatic rings. The zero-order chi connectivity index (χ0) is 7.11. The van der Waals surface area contributed by atoms with Gasteiger partial charge in [0, 0.05) is 12.5 Å². The van der Waals surface area contributed by atoms with E-state index in [1.54, 1.807) is 6.08 Å². The molecular weight excluding hydrogens is 116 g/mol. The standard InChI is InChI=1S/C7H11O2/c1-3-5-6-7(8)9-4-2/h6H,1-5H2/p+1. The summed E-state index contributed by atoms with van der Waals surface area (Å²) in [6.07, 6.45) is 3.09. The van der Waals surface area contributed by atoms with E-state index in [4.69, 9.17) is 5.11 Å². The van der Waals surface area contributed by atoms with Gasteiger partial charge in [-0.1, -0.05) is 0 Å². The van der Waals surface area contributed by atoms with Crippen molar-refractivity contribution in [3.05, 3.63) is 25.9 Å². The zero-order valence-corrected chi connectivity index (χ0v) is 5.47. The molecule has 0 aromatic heterocycles. The van der Waals surface area contributed by atoms with Crippen LogP contribution in [0.15, 0.2) is 12.0 Å². The summed E-state index contributed by atoms with van der Waals surface area (Å²) in [6, 6.07) is 0. The molecule has 0 heterocycles. The van der Waals surface area contributed by atoms with Crippen molar-refractivity contribution in [2.45, 2.75) is 12.8 Å². The second-order valence-corrected chi connectivity index (χ2v) is 1.53. The Morgan fingerprint density at radius 2 is 2.44 bits per heavy atom. The van der Waals surface area contributed by atoms with Gasteiger partial charge < -0.3 is 9.84 Å². The first-order valence-corrected chi connectivity index (χ1v) is 2.91. The normalized spacial score (nSPS) is 11.4. The molecule has 0 unspecified atom stereocenters. The lowest BCUT2D eigenvalue weighted by Gasteiger charge is -1.97. The summed E-state index contributed by atoms with van der Waals surface area (Å²) in [5.41, 5.74) is 0. The number of unbranched alkanes of at least 4 members (excludes halogenated alkanes) is 1. The topological polar surface area (TPSA) is 29.5 Å². The summed E-state index contributed by atoms with van der Waals surface area (Å²) in [7, 11) is 0. The van der Waals surface area contributed by atoms with E-state index in [0.29, 0.717) is 0 Å². The lowest BCUT2D eigenvalue weighted by atomic mass is 10.3. The number of allylic oxidation sites excluding steroid dienone is 1. The van der Waals surface area contributed by atoms with E-state index in [1.165, 1.54) is 0 Å². The molecule has 1 radical (unpaired) electrons. The zero-order valence-electron chi connectivity index (χ0n) is 5.47. The van der Waals surface area contributed by atoms with Crippen molar-refractivity contribution in [2.75, 3.05) is 6.61 Å². The molecule has 2 nitrogen and oxygen atoms in total. The Bertz CT molecular complexity index is 86.9. The fourth-order valence-electron chi connectivity index (χ4n) is 0.389. The first kappa shape index (κ1) is 8.21. The number of hydrogen-bond acceptors (Lipinski definition) is 2. The van der Waals surface area contributed by atoms with Crippen LogP contribution in [0, 0.1) is 13.8 Å². The number of ether oxygens (including phenoxy) is 1. The maximum absolute atomic E-state index is 8.75. The number of aliphatic hydroxyl groups excluding tert-OH is 1. The summed E-state index contributed by atoms with van der Waals surface area (Å²) >= 11 is 0. The second-order valence-electron chi connectivity index (χ2n) is 1.53. The van der Waals surface area contributed by atoms with Gasteiger partial charge in [0.25, 0.3) is 5.95 Å². The molecule has 0 saturated carbocycles. The maximum atomic E-state index is 8.75. The predicted octanol–water partition coefficient (Wildman–Crippen LogP) is 1.85. The van der Waals surface area contributed by atoms with Crippen molar-refractivity contribution in [1.29, 1.82) is 0 Å². The Morgan fingerprint density at radius 3 is 2.89 bits per heavy atom. The molecule has 1 N–H and O–H groups in total. The van der Waals surface area contributed by atoms with E-state index >= 15 is 0 Å². The maximum Gasteiger partial charge on any atom is 0.272 e. The summed E-state index contributed by atoms with van der Waals surface area (Å²) in [6.45, 7) is 7.25. The minimum Gasteiger partial charge on any atom is -0.481 e. The molecular formula is C7H12O2+. The molecule has 0 aliphatic carbocycles. The van der Waals surface area contributed by atoms with Crippen LogP contribution in [0.25, 0.3) is 0 Å². The minimum atomic E-state index is -0.0475. The summed E-state index contributed by atoms with van der Waals surface area (Å²) < 4.78 is 4.62. The van der Waals surface area contributed by atoms with Crippen LogP contribution >= 0.6 is 0 Å². The average molecular weight is 128 g/mol. The third-order valence-electron chi connectivity index (χ3n) is 0.773. The molecule has 0 amide bonds. The van der Waals surface area contributed by atoms with Crippen molar-refractivity contribution < 1.29 is 9.84 Å². The Balaban J connectivity index is 3.30. The van der Waals surface area contributed by atoms with Gasteiger partial charge in [-0.25, -0.2) is 0 Å². The van der Waals surface area contributed by atoms with E-state index in [1.807, 2.05) is 0 Å². The number of aliphatic hydroxyl groups is 1. The second kappa shape index (κ2) is 5.35. The lowest BCUT2D eigenvalue weighted by Crippen LogP contribution is -1.89. The highest BCUT2D eigenvalue weighted by atomic mass is 16.6. The van der Waals surface area contributed by atoms with E-state index in [-0.39, 0.29) is 12.6 Å². The molecule has 0 aromatic carbocycles. The quantitative estimate of drug-likeness (QED) is 0.462. The fraction of sp³-hybridized carbons (Fsp3) is 0.429. The highest BCUT2D eigenvalue weighted by molar-refractivity contribution is 4.81. The van der Waals surface area contributed by atoms with Gasteiger partial charge in [0.15, 0.2) is 0 Å². The molecule has 0 saturated heterocycles. The Kier molecular flexibility index (Phi) is 4.88. The Hall–Kier alpha value is -0.790. The monoisotopic (exact) mass is 128 g/mol. The molecule has 9 heavy (non-hydrogen) atoms. The summed E-state index contributed by atoms with van der Waals surface area (Å²) in [5.74, 6) is -0.0475. The van der Waals surface area contributed by atoms with Crippen LogP contribution in [-0.4, -0.2) is 11.7 Å². The van der Waals surface area contributed by atoms with Crippen molar-refractivity contribution >= 4 is 0 Å². The van der Waals surface area contributed by atoms with E-state index < -0.39 is 0 Å². The highest BCUT2D eigenvalue weighted by Crippen LogP contribution is 1.95. The molecule has 0 bridgehead atoms. The van der Waals surface area contributed by atoms with Crippen LogP contribution in [0.2, 0.25) is 0 Å². The van der Waals surface area contributed by atoms with Gasteiger partial charge in [-0.05, 0) is 6.92 Å². The van der Waals surface area contributed by atoms with Gasteiger partial charge in [0.2, 0.25) is 0 Å². The van der Waals surface area contributed by atoms with Crippen molar-refractivity contribution in [3.8, 4) is 0 Å². The van der Waals surface area contributed by atoms with Gasteiger partial charge in [-0.3, -0.25) is 0 Å². The number of hydrogen-bond donors (Lipinski definition) is 1. The highest BCUT2D eigenvalue weighted by Gasteiger charge is 1.88. The predicted molar refractivity (Wildman–Crippen MR) is 36.6 cm³/mol. The Labute approximate surface area is 56.1 Å². The molecule has 0 fully saturated rings. The molecule has 0 aliphatic rings. The largest absolute Gasteiger partial charge is 0.481 e. The summed E-state index contributed by atoms with van der Waals surface area (Å²) in [5, 5.41) is 8.75. The van der Waals surface area contributed by atoms with Gasteiger partial charge in [0.1, 0.15) is 0 Å². The fourth-order valence-corrected chi connectivity index (χ4v) is 0.389. The van der Waals surface area contributed by atoms with Gasteiger partial charge in [-0.2, -0.15) is 0 Å². The van der Waals surface area contributed by atoms with Crippen molar-refractivity contribution in [3.63, 3.8) is 0 Å². The molecule has 0 spiro atoms. The van der Waals surface area contributed by atoms with Crippen LogP contribution in [0.1, 0.15) is 12.8 Å². The first-order chi connectivity index (χ1) is 4.31. The smallest absolute Gasteiger partial charge is 0.272 e. The molecule has 51 valence electrons. The van der Waals surface area contributed by atoms with Crippen molar-refractivity contribution in [2.24, 2.45) is 0 Å². The van der Waals surface area contributed by atoms with Gasteiger partial charge in [-0.15, -0.1) is 0 Å². The van der Waals surface area contributed by atoms with Crippen LogP contribution in [0.5, 0.6) is 0 Å². The molecule has 0 atom stereocenters. The first-order valence-electron chi connectivity index (χ1n) is 2.91. The van der Waals surface area contributed by atoms with Crippen LogP contribution < -0.4 is 0 Å². The minimum absolute atomic E-state index is 0.0475. The SMILES string of the molecule is [CH2]COC(O)=CCC[CH2+]. The summed E-state index contributed by atoms with van der Waals surface area (Å²) in [4.78, 5) is 0. The third-order valence-corrected chi connectivity index (χ3v) is 0.773. The molecule has 0 rings (SSSR count). The van der Waals surface area contributed by atoms with Crippen LogP contribution in [0.4, 0.5) is 0 Å². The third kappa shape index (κ3) is 5.07. The van der Waals surface area contributed by atoms with Crippen LogP contribution in [0.3, 0.4) is 0 Å². The Morgan fingerprint density at radius 1 is 1.78 bits per heavy atom. The lowest BCUT2D eigenvalue weighted by molar-refractivity contribution is 0.110. The average Bonchev–Trinajstić information content (AvgIpc) is 1.85. The van der Waals surface area contributed by atoms with E-state index in [9.17, 15) is 0 Å². The van der Waals surface area contributed by atoms with E-state index in [0.717, 1.165) is 12.8 Å². The molecule has 0 aliphatic heterocycles. The molecule has 2 heteroatoms.